The molecule has 1 saturated heterocycles. The number of ketones is 1. The molecule has 2 amide bonds. The topological polar surface area (TPSA) is 98.5 Å². The van der Waals surface area contributed by atoms with Crippen LogP contribution in [-0.4, -0.2) is 29.7 Å². The summed E-state index contributed by atoms with van der Waals surface area (Å²) >= 11 is 0. The number of allylic oxidation sites excluding steroid dienone is 1. The minimum Gasteiger partial charge on any atom is -0.489 e. The molecule has 2 aliphatic rings. The summed E-state index contributed by atoms with van der Waals surface area (Å²) in [7, 11) is 0. The van der Waals surface area contributed by atoms with Crippen molar-refractivity contribution < 1.29 is 19.1 Å². The van der Waals surface area contributed by atoms with Gasteiger partial charge in [-0.05, 0) is 12.0 Å². The number of ether oxygens (including phenoxy) is 1. The first-order chi connectivity index (χ1) is 9.81. The van der Waals surface area contributed by atoms with Crippen LogP contribution in [0.5, 0.6) is 0 Å². The Kier molecular flexibility index (Phi) is 4.16. The first kappa shape index (κ1) is 15.3. The molecule has 0 aromatic carbocycles. The van der Waals surface area contributed by atoms with Crippen LogP contribution < -0.4 is 11.1 Å². The third-order valence-corrected chi connectivity index (χ3v) is 3.74. The molecule has 2 heterocycles. The minimum atomic E-state index is -0.883. The highest BCUT2D eigenvalue weighted by Gasteiger charge is 2.40. The lowest BCUT2D eigenvalue weighted by Gasteiger charge is -2.30. The molecule has 3 N–H and O–H groups in total. The van der Waals surface area contributed by atoms with Crippen molar-refractivity contribution in [2.75, 3.05) is 0 Å². The van der Waals surface area contributed by atoms with E-state index in [1.165, 1.54) is 0 Å². The van der Waals surface area contributed by atoms with Crippen molar-refractivity contribution in [1.29, 1.82) is 0 Å². The molecule has 2 rings (SSSR count). The van der Waals surface area contributed by atoms with Gasteiger partial charge < -0.3 is 15.8 Å². The van der Waals surface area contributed by atoms with Gasteiger partial charge in [-0.25, -0.2) is 0 Å². The second kappa shape index (κ2) is 5.71. The van der Waals surface area contributed by atoms with Gasteiger partial charge in [0.1, 0.15) is 23.5 Å². The highest BCUT2D eigenvalue weighted by molar-refractivity contribution is 6.27. The highest BCUT2D eigenvalue weighted by atomic mass is 16.5. The highest BCUT2D eigenvalue weighted by Crippen LogP contribution is 2.29. The molecule has 6 nitrogen and oxygen atoms in total. The lowest BCUT2D eigenvalue weighted by atomic mass is 9.91. The zero-order valence-corrected chi connectivity index (χ0v) is 12.4. The van der Waals surface area contributed by atoms with Crippen LogP contribution in [0.1, 0.15) is 27.2 Å². The Morgan fingerprint density at radius 3 is 2.67 bits per heavy atom. The third-order valence-electron chi connectivity index (χ3n) is 3.74. The number of hydrogen-bond donors (Lipinski definition) is 2. The summed E-state index contributed by atoms with van der Waals surface area (Å²) in [5, 5.41) is 2.48. The molecule has 114 valence electrons. The van der Waals surface area contributed by atoms with Crippen molar-refractivity contribution in [2.45, 2.75) is 39.3 Å². The van der Waals surface area contributed by atoms with Gasteiger partial charge in [-0.2, -0.15) is 0 Å². The van der Waals surface area contributed by atoms with Gasteiger partial charge in [0.05, 0.1) is 6.42 Å². The Labute approximate surface area is 123 Å². The van der Waals surface area contributed by atoms with E-state index in [0.717, 1.165) is 0 Å². The van der Waals surface area contributed by atoms with Crippen molar-refractivity contribution in [1.82, 2.24) is 5.32 Å². The van der Waals surface area contributed by atoms with E-state index in [9.17, 15) is 14.4 Å². The second-order valence-electron chi connectivity index (χ2n) is 5.84. The number of nitrogens with one attached hydrogen (secondary N) is 1. The fourth-order valence-corrected chi connectivity index (χ4v) is 2.69. The van der Waals surface area contributed by atoms with E-state index in [-0.39, 0.29) is 35.7 Å². The fourth-order valence-electron chi connectivity index (χ4n) is 2.69. The predicted molar refractivity (Wildman–Crippen MR) is 75.8 cm³/mol. The van der Waals surface area contributed by atoms with Crippen LogP contribution >= 0.6 is 0 Å². The monoisotopic (exact) mass is 292 g/mol. The Hall–Kier alpha value is -2.11. The molecule has 0 aromatic heterocycles. The van der Waals surface area contributed by atoms with Crippen LogP contribution in [0.25, 0.3) is 0 Å². The van der Waals surface area contributed by atoms with Crippen LogP contribution in [0.3, 0.4) is 0 Å². The molecule has 21 heavy (non-hydrogen) atoms. The van der Waals surface area contributed by atoms with Gasteiger partial charge in [0, 0.05) is 5.92 Å². The molecule has 2 aliphatic heterocycles. The Morgan fingerprint density at radius 1 is 1.43 bits per heavy atom. The van der Waals surface area contributed by atoms with E-state index in [2.05, 4.69) is 5.32 Å². The number of carbonyl (C=O) groups is 3. The van der Waals surface area contributed by atoms with E-state index in [1.807, 2.05) is 26.8 Å². The quantitative estimate of drug-likeness (QED) is 0.582. The number of hydrogen-bond acceptors (Lipinski definition) is 4. The number of rotatable bonds is 3. The van der Waals surface area contributed by atoms with Crippen molar-refractivity contribution in [3.8, 4) is 0 Å². The molecule has 0 bridgehead atoms. The second-order valence-corrected chi connectivity index (χ2v) is 5.84. The first-order valence-electron chi connectivity index (χ1n) is 7.03. The molecule has 1 fully saturated rings. The van der Waals surface area contributed by atoms with E-state index in [4.69, 9.17) is 10.5 Å². The number of primary amides is 1. The molecular weight excluding hydrogens is 272 g/mol. The SMILES string of the molecule is CC(C)C1O/C(=C2/C(=O)NC(CC(N)=O)C2=O)C=CC1C. The van der Waals surface area contributed by atoms with Gasteiger partial charge in [-0.3, -0.25) is 14.4 Å². The number of nitrogens with two attached hydrogens (primary N) is 1. The Morgan fingerprint density at radius 2 is 2.10 bits per heavy atom. The standard InChI is InChI=1S/C15H20N2O4/c1-7(2)14-8(3)4-5-10(21-14)12-13(19)9(6-11(16)18)17-15(12)20/h4-5,7-9,14H,6H2,1-3H3,(H2,16,18)(H,17,20)/b12-10+. The van der Waals surface area contributed by atoms with Crippen molar-refractivity contribution in [2.24, 2.45) is 17.6 Å². The van der Waals surface area contributed by atoms with Crippen molar-refractivity contribution in [3.05, 3.63) is 23.5 Å². The lowest BCUT2D eigenvalue weighted by Crippen LogP contribution is -2.33. The molecule has 3 atom stereocenters. The van der Waals surface area contributed by atoms with Crippen LogP contribution in [0.4, 0.5) is 0 Å². The van der Waals surface area contributed by atoms with Gasteiger partial charge in [0.25, 0.3) is 5.91 Å². The molecule has 0 saturated carbocycles. The van der Waals surface area contributed by atoms with Gasteiger partial charge >= 0.3 is 0 Å². The molecule has 6 heteroatoms. The van der Waals surface area contributed by atoms with Crippen molar-refractivity contribution in [3.63, 3.8) is 0 Å². The molecule has 0 aromatic rings. The number of amides is 2. The summed E-state index contributed by atoms with van der Waals surface area (Å²) in [4.78, 5) is 35.2. The normalized spacial score (nSPS) is 32.3. The van der Waals surface area contributed by atoms with Crippen LogP contribution in [-0.2, 0) is 19.1 Å². The fraction of sp³-hybridized carbons (Fsp3) is 0.533. The van der Waals surface area contributed by atoms with Gasteiger partial charge in [0.15, 0.2) is 5.78 Å². The zero-order chi connectivity index (χ0) is 15.7. The van der Waals surface area contributed by atoms with Gasteiger partial charge in [0.2, 0.25) is 5.91 Å². The average Bonchev–Trinajstić information content (AvgIpc) is 2.64. The maximum Gasteiger partial charge on any atom is 0.259 e. The summed E-state index contributed by atoms with van der Waals surface area (Å²) in [6.45, 7) is 6.07. The summed E-state index contributed by atoms with van der Waals surface area (Å²) in [5.74, 6) is -0.842. The third kappa shape index (κ3) is 2.99. The van der Waals surface area contributed by atoms with E-state index < -0.39 is 23.6 Å². The molecule has 0 aliphatic carbocycles. The van der Waals surface area contributed by atoms with Crippen LogP contribution in [0.2, 0.25) is 0 Å². The zero-order valence-electron chi connectivity index (χ0n) is 12.4. The van der Waals surface area contributed by atoms with Gasteiger partial charge in [-0.15, -0.1) is 0 Å². The summed E-state index contributed by atoms with van der Waals surface area (Å²) in [6, 6.07) is -0.883. The van der Waals surface area contributed by atoms with Crippen LogP contribution in [0.15, 0.2) is 23.5 Å². The number of carbonyl (C=O) groups excluding carboxylic acids is 3. The Balaban J connectivity index is 2.31. The molecular formula is C15H20N2O4. The van der Waals surface area contributed by atoms with Crippen molar-refractivity contribution >= 4 is 17.6 Å². The average molecular weight is 292 g/mol. The summed E-state index contributed by atoms with van der Waals surface area (Å²) in [5.41, 5.74) is 5.06. The number of Topliss-reactive ketones (excluding diaryl/α,β-unsaturated/α-hetero) is 1. The molecule has 0 spiro atoms. The maximum absolute atomic E-state index is 12.2. The van der Waals surface area contributed by atoms with E-state index >= 15 is 0 Å². The minimum absolute atomic E-state index is 0.0185. The Bertz CT molecular complexity index is 548. The molecule has 0 radical (unpaired) electrons. The maximum atomic E-state index is 12.2. The first-order valence-corrected chi connectivity index (χ1v) is 7.03. The van der Waals surface area contributed by atoms with E-state index in [1.54, 1.807) is 6.08 Å². The predicted octanol–water partition coefficient (Wildman–Crippen LogP) is 0.430. The lowest BCUT2D eigenvalue weighted by molar-refractivity contribution is -0.122. The van der Waals surface area contributed by atoms with E-state index in [0.29, 0.717) is 0 Å². The van der Waals surface area contributed by atoms with Crippen LogP contribution in [0, 0.1) is 11.8 Å². The molecule has 3 unspecified atom stereocenters. The summed E-state index contributed by atoms with van der Waals surface area (Å²) < 4.78 is 5.83. The smallest absolute Gasteiger partial charge is 0.259 e. The summed E-state index contributed by atoms with van der Waals surface area (Å²) in [6.07, 6.45) is 3.30. The largest absolute Gasteiger partial charge is 0.489 e. The van der Waals surface area contributed by atoms with Gasteiger partial charge in [-0.1, -0.05) is 26.8 Å².